The van der Waals surface area contributed by atoms with Crippen LogP contribution in [0, 0.1) is 11.3 Å². The van der Waals surface area contributed by atoms with E-state index in [0.717, 1.165) is 5.75 Å². The van der Waals surface area contributed by atoms with Crippen LogP contribution in [0.15, 0.2) is 18.2 Å². The maximum absolute atomic E-state index is 8.71. The zero-order valence-corrected chi connectivity index (χ0v) is 10.9. The van der Waals surface area contributed by atoms with E-state index >= 15 is 0 Å². The Labute approximate surface area is 103 Å². The molecule has 0 amide bonds. The Balaban J connectivity index is 2.82. The molecule has 0 bridgehead atoms. The molecule has 0 heterocycles. The van der Waals surface area contributed by atoms with Gasteiger partial charge >= 0.3 is 0 Å². The molecule has 1 N–H and O–H groups in total. The molecule has 1 aromatic rings. The van der Waals surface area contributed by atoms with Gasteiger partial charge in [-0.1, -0.05) is 26.0 Å². The monoisotopic (exact) mass is 232 g/mol. The standard InChI is InChI=1S/C14H20N2O/c1-10(2)13-7-12(5-6-14(13)17-4)9-16-11(3)8-15/h5-7,10-11,16H,9H2,1-4H3. The molecule has 0 aliphatic rings. The zero-order valence-electron chi connectivity index (χ0n) is 10.9. The molecule has 92 valence electrons. The molecule has 0 aromatic heterocycles. The number of methoxy groups -OCH3 is 1. The van der Waals surface area contributed by atoms with E-state index in [0.29, 0.717) is 12.5 Å². The quantitative estimate of drug-likeness (QED) is 0.849. The molecule has 0 aliphatic carbocycles. The number of ether oxygens (including phenoxy) is 1. The number of benzene rings is 1. The highest BCUT2D eigenvalue weighted by atomic mass is 16.5. The molecule has 1 aromatic carbocycles. The Morgan fingerprint density at radius 3 is 2.59 bits per heavy atom. The summed E-state index contributed by atoms with van der Waals surface area (Å²) in [6.07, 6.45) is 0. The van der Waals surface area contributed by atoms with Crippen molar-refractivity contribution in [3.05, 3.63) is 29.3 Å². The predicted molar refractivity (Wildman–Crippen MR) is 69.0 cm³/mol. The van der Waals surface area contributed by atoms with Gasteiger partial charge < -0.3 is 4.74 Å². The molecule has 1 atom stereocenters. The van der Waals surface area contributed by atoms with Gasteiger partial charge in [-0.05, 0) is 30.0 Å². The van der Waals surface area contributed by atoms with Crippen LogP contribution in [0.3, 0.4) is 0 Å². The van der Waals surface area contributed by atoms with Gasteiger partial charge in [0.05, 0.1) is 19.2 Å². The van der Waals surface area contributed by atoms with Crippen LogP contribution in [-0.2, 0) is 6.54 Å². The van der Waals surface area contributed by atoms with Crippen molar-refractivity contribution in [1.29, 1.82) is 5.26 Å². The first kappa shape index (κ1) is 13.5. The molecule has 1 rings (SSSR count). The van der Waals surface area contributed by atoms with Crippen molar-refractivity contribution in [2.24, 2.45) is 0 Å². The Kier molecular flexibility index (Phi) is 4.99. The van der Waals surface area contributed by atoms with Crippen molar-refractivity contribution in [3.63, 3.8) is 0 Å². The lowest BCUT2D eigenvalue weighted by molar-refractivity contribution is 0.407. The van der Waals surface area contributed by atoms with Gasteiger partial charge in [0.2, 0.25) is 0 Å². The summed E-state index contributed by atoms with van der Waals surface area (Å²) in [5.41, 5.74) is 2.38. The summed E-state index contributed by atoms with van der Waals surface area (Å²) in [5, 5.41) is 11.9. The number of rotatable bonds is 5. The van der Waals surface area contributed by atoms with Crippen LogP contribution < -0.4 is 10.1 Å². The number of nitriles is 1. The van der Waals surface area contributed by atoms with Crippen LogP contribution in [0.2, 0.25) is 0 Å². The number of nitrogens with one attached hydrogen (secondary N) is 1. The maximum atomic E-state index is 8.71. The SMILES string of the molecule is COc1ccc(CNC(C)C#N)cc1C(C)C. The Morgan fingerprint density at radius 2 is 2.06 bits per heavy atom. The number of nitrogens with zero attached hydrogens (tertiary/aromatic N) is 1. The van der Waals surface area contributed by atoms with Gasteiger partial charge in [0.1, 0.15) is 5.75 Å². The molecule has 0 radical (unpaired) electrons. The molecule has 0 saturated carbocycles. The summed E-state index contributed by atoms with van der Waals surface area (Å²) in [6.45, 7) is 6.85. The first-order chi connectivity index (χ1) is 8.08. The Bertz CT molecular complexity index is 407. The van der Waals surface area contributed by atoms with E-state index in [9.17, 15) is 0 Å². The van der Waals surface area contributed by atoms with E-state index in [1.54, 1.807) is 7.11 Å². The number of hydrogen-bond donors (Lipinski definition) is 1. The molecular formula is C14H20N2O. The van der Waals surface area contributed by atoms with Gasteiger partial charge in [-0.2, -0.15) is 5.26 Å². The minimum Gasteiger partial charge on any atom is -0.496 e. The van der Waals surface area contributed by atoms with Gasteiger partial charge in [-0.15, -0.1) is 0 Å². The third-order valence-corrected chi connectivity index (χ3v) is 2.72. The average Bonchev–Trinajstić information content (AvgIpc) is 2.35. The summed E-state index contributed by atoms with van der Waals surface area (Å²) in [6, 6.07) is 8.19. The van der Waals surface area contributed by atoms with Crippen molar-refractivity contribution in [2.75, 3.05) is 7.11 Å². The zero-order chi connectivity index (χ0) is 12.8. The molecule has 0 aliphatic heterocycles. The van der Waals surface area contributed by atoms with E-state index in [2.05, 4.69) is 31.3 Å². The number of hydrogen-bond acceptors (Lipinski definition) is 3. The highest BCUT2D eigenvalue weighted by molar-refractivity contribution is 5.39. The van der Waals surface area contributed by atoms with Crippen LogP contribution in [0.4, 0.5) is 0 Å². The maximum Gasteiger partial charge on any atom is 0.122 e. The second-order valence-electron chi connectivity index (χ2n) is 4.46. The lowest BCUT2D eigenvalue weighted by Crippen LogP contribution is -2.23. The lowest BCUT2D eigenvalue weighted by Gasteiger charge is -2.14. The van der Waals surface area contributed by atoms with Gasteiger partial charge in [0.25, 0.3) is 0 Å². The van der Waals surface area contributed by atoms with E-state index in [-0.39, 0.29) is 6.04 Å². The first-order valence-electron chi connectivity index (χ1n) is 5.88. The summed E-state index contributed by atoms with van der Waals surface area (Å²) in [5.74, 6) is 1.36. The average molecular weight is 232 g/mol. The molecule has 0 saturated heterocycles. The van der Waals surface area contributed by atoms with Crippen LogP contribution >= 0.6 is 0 Å². The van der Waals surface area contributed by atoms with Crippen molar-refractivity contribution in [3.8, 4) is 11.8 Å². The normalized spacial score (nSPS) is 12.2. The van der Waals surface area contributed by atoms with Crippen LogP contribution in [0.1, 0.15) is 37.8 Å². The minimum absolute atomic E-state index is 0.125. The first-order valence-corrected chi connectivity index (χ1v) is 5.88. The topological polar surface area (TPSA) is 45.0 Å². The van der Waals surface area contributed by atoms with E-state index in [1.807, 2.05) is 19.1 Å². The predicted octanol–water partition coefficient (Wildman–Crippen LogP) is 2.82. The second-order valence-corrected chi connectivity index (χ2v) is 4.46. The van der Waals surface area contributed by atoms with Crippen LogP contribution in [-0.4, -0.2) is 13.2 Å². The van der Waals surface area contributed by atoms with Gasteiger partial charge in [0, 0.05) is 6.54 Å². The third-order valence-electron chi connectivity index (χ3n) is 2.72. The minimum atomic E-state index is -0.125. The van der Waals surface area contributed by atoms with E-state index in [1.165, 1.54) is 11.1 Å². The third kappa shape index (κ3) is 3.76. The lowest BCUT2D eigenvalue weighted by atomic mass is 9.99. The second kappa shape index (κ2) is 6.27. The summed E-state index contributed by atoms with van der Waals surface area (Å²) in [7, 11) is 1.69. The fourth-order valence-corrected chi connectivity index (χ4v) is 1.66. The summed E-state index contributed by atoms with van der Waals surface area (Å²) < 4.78 is 5.34. The van der Waals surface area contributed by atoms with Gasteiger partial charge in [0.15, 0.2) is 0 Å². The van der Waals surface area contributed by atoms with Crippen LogP contribution in [0.5, 0.6) is 5.75 Å². The van der Waals surface area contributed by atoms with Gasteiger partial charge in [-0.25, -0.2) is 0 Å². The molecule has 0 spiro atoms. The van der Waals surface area contributed by atoms with E-state index < -0.39 is 0 Å². The summed E-state index contributed by atoms with van der Waals surface area (Å²) >= 11 is 0. The van der Waals surface area contributed by atoms with Crippen molar-refractivity contribution >= 4 is 0 Å². The van der Waals surface area contributed by atoms with Crippen molar-refractivity contribution in [2.45, 2.75) is 39.3 Å². The molecule has 3 heteroatoms. The van der Waals surface area contributed by atoms with Crippen LogP contribution in [0.25, 0.3) is 0 Å². The summed E-state index contributed by atoms with van der Waals surface area (Å²) in [4.78, 5) is 0. The highest BCUT2D eigenvalue weighted by Crippen LogP contribution is 2.27. The molecule has 3 nitrogen and oxygen atoms in total. The fraction of sp³-hybridized carbons (Fsp3) is 0.500. The van der Waals surface area contributed by atoms with Crippen molar-refractivity contribution in [1.82, 2.24) is 5.32 Å². The van der Waals surface area contributed by atoms with E-state index in [4.69, 9.17) is 10.00 Å². The Hall–Kier alpha value is -1.53. The van der Waals surface area contributed by atoms with Gasteiger partial charge in [-0.3, -0.25) is 5.32 Å². The molecule has 1 unspecified atom stereocenters. The Morgan fingerprint density at radius 1 is 1.35 bits per heavy atom. The smallest absolute Gasteiger partial charge is 0.122 e. The fourth-order valence-electron chi connectivity index (χ4n) is 1.66. The molecule has 0 fully saturated rings. The largest absolute Gasteiger partial charge is 0.496 e. The molecular weight excluding hydrogens is 212 g/mol. The highest BCUT2D eigenvalue weighted by Gasteiger charge is 2.08. The van der Waals surface area contributed by atoms with Crippen molar-refractivity contribution < 1.29 is 4.74 Å². The molecule has 17 heavy (non-hydrogen) atoms.